The number of aliphatic hydroxyl groups excluding tert-OH is 1. The molecule has 2 aromatic rings. The number of H-pyrrole nitrogens is 1. The van der Waals surface area contributed by atoms with E-state index in [1.165, 1.54) is 9.80 Å². The van der Waals surface area contributed by atoms with Gasteiger partial charge in [0.05, 0.1) is 13.2 Å². The minimum atomic E-state index is -2.35. The smallest absolute Gasteiger partial charge is 0.279 e. The molecule has 8 heteroatoms. The van der Waals surface area contributed by atoms with Gasteiger partial charge < -0.3 is 24.8 Å². The number of aromatic amines is 1. The van der Waals surface area contributed by atoms with Gasteiger partial charge in [0, 0.05) is 34.8 Å². The van der Waals surface area contributed by atoms with E-state index in [0.717, 1.165) is 5.57 Å². The topological polar surface area (TPSA) is 106 Å². The number of nitrogens with zero attached hydrogens (tertiary/aromatic N) is 2. The third-order valence-electron chi connectivity index (χ3n) is 6.51. The number of carbonyl (C=O) groups excluding carboxylic acids is 2. The lowest BCUT2D eigenvalue weighted by Crippen LogP contribution is -2.74. The first kappa shape index (κ1) is 19.1. The normalized spacial score (nSPS) is 30.2. The SMILES string of the molecule is COc1ccc2c3c([nH]c2c1)[C@H](C=C(C)C)N1C(=O)[C@@H]2CCCN2C(=O)[C@@]1(O)[C@H]3O. The van der Waals surface area contributed by atoms with Crippen molar-refractivity contribution < 1.29 is 24.5 Å². The van der Waals surface area contributed by atoms with Gasteiger partial charge >= 0.3 is 0 Å². The van der Waals surface area contributed by atoms with Crippen LogP contribution in [0, 0.1) is 0 Å². The Morgan fingerprint density at radius 2 is 2.10 bits per heavy atom. The number of piperazine rings is 1. The molecule has 5 rings (SSSR count). The first-order valence-electron chi connectivity index (χ1n) is 10.2. The zero-order valence-corrected chi connectivity index (χ0v) is 17.2. The predicted molar refractivity (Wildman–Crippen MR) is 109 cm³/mol. The average Bonchev–Trinajstić information content (AvgIpc) is 3.34. The van der Waals surface area contributed by atoms with Crippen LogP contribution in [0.3, 0.4) is 0 Å². The molecule has 0 saturated carbocycles. The summed E-state index contributed by atoms with van der Waals surface area (Å²) in [5.74, 6) is -0.311. The molecular formula is C22H25N3O5. The first-order chi connectivity index (χ1) is 14.3. The summed E-state index contributed by atoms with van der Waals surface area (Å²) in [5, 5.41) is 23.7. The largest absolute Gasteiger partial charge is 0.497 e. The highest BCUT2D eigenvalue weighted by atomic mass is 16.5. The van der Waals surface area contributed by atoms with Crippen molar-refractivity contribution in [3.8, 4) is 5.75 Å². The van der Waals surface area contributed by atoms with E-state index in [1.54, 1.807) is 25.3 Å². The lowest BCUT2D eigenvalue weighted by molar-refractivity contribution is -0.229. The van der Waals surface area contributed by atoms with E-state index in [9.17, 15) is 19.8 Å². The number of hydrogen-bond donors (Lipinski definition) is 3. The van der Waals surface area contributed by atoms with Crippen LogP contribution in [0.4, 0.5) is 0 Å². The van der Waals surface area contributed by atoms with E-state index in [2.05, 4.69) is 4.98 Å². The van der Waals surface area contributed by atoms with Gasteiger partial charge in [-0.3, -0.25) is 14.5 Å². The van der Waals surface area contributed by atoms with Crippen molar-refractivity contribution in [2.75, 3.05) is 13.7 Å². The van der Waals surface area contributed by atoms with Crippen molar-refractivity contribution in [2.45, 2.75) is 50.6 Å². The summed E-state index contributed by atoms with van der Waals surface area (Å²) in [6, 6.07) is 4.06. The summed E-state index contributed by atoms with van der Waals surface area (Å²) in [5.41, 5.74) is 0.317. The maximum absolute atomic E-state index is 13.5. The van der Waals surface area contributed by atoms with E-state index in [1.807, 2.05) is 19.9 Å². The van der Waals surface area contributed by atoms with Crippen LogP contribution >= 0.6 is 0 Å². The van der Waals surface area contributed by atoms with Crippen molar-refractivity contribution >= 4 is 22.7 Å². The van der Waals surface area contributed by atoms with Gasteiger partial charge in [-0.25, -0.2) is 0 Å². The third kappa shape index (κ3) is 2.29. The lowest BCUT2D eigenvalue weighted by Gasteiger charge is -2.54. The molecule has 2 saturated heterocycles. The maximum atomic E-state index is 13.5. The van der Waals surface area contributed by atoms with Crippen LogP contribution in [0.5, 0.6) is 5.75 Å². The molecule has 0 aliphatic carbocycles. The van der Waals surface area contributed by atoms with Crippen molar-refractivity contribution in [1.29, 1.82) is 0 Å². The van der Waals surface area contributed by atoms with Crippen LogP contribution in [0.25, 0.3) is 10.9 Å². The Bertz CT molecular complexity index is 1100. The molecular weight excluding hydrogens is 386 g/mol. The predicted octanol–water partition coefficient (Wildman–Crippen LogP) is 1.75. The highest BCUT2D eigenvalue weighted by molar-refractivity contribution is 6.01. The van der Waals surface area contributed by atoms with Crippen LogP contribution in [0.1, 0.15) is 50.1 Å². The van der Waals surface area contributed by atoms with Crippen LogP contribution in [-0.4, -0.2) is 62.2 Å². The number of ether oxygens (including phenoxy) is 1. The van der Waals surface area contributed by atoms with Crippen LogP contribution in [-0.2, 0) is 9.59 Å². The Labute approximate surface area is 173 Å². The van der Waals surface area contributed by atoms with E-state index in [4.69, 9.17) is 4.74 Å². The fourth-order valence-corrected chi connectivity index (χ4v) is 5.19. The molecule has 0 unspecified atom stereocenters. The average molecular weight is 411 g/mol. The molecule has 30 heavy (non-hydrogen) atoms. The molecule has 0 bridgehead atoms. The van der Waals surface area contributed by atoms with Gasteiger partial charge in [-0.2, -0.15) is 0 Å². The molecule has 8 nitrogen and oxygen atoms in total. The molecule has 0 spiro atoms. The Kier molecular flexibility index (Phi) is 4.04. The number of rotatable bonds is 2. The van der Waals surface area contributed by atoms with Gasteiger partial charge in [-0.1, -0.05) is 11.6 Å². The standard InChI is InChI=1S/C22H25N3O5/c1-11(2)9-16-18-17(13-7-6-12(30-3)10-14(13)23-18)19(26)22(29)21(28)24-8-4-5-15(24)20(27)25(16)22/h6-7,9-10,15-16,19,23,26,29H,4-5,8H2,1-3H3/t15-,16-,19-,22-/m0/s1. The summed E-state index contributed by atoms with van der Waals surface area (Å²) in [6.45, 7) is 4.20. The molecule has 2 fully saturated rings. The number of amides is 2. The van der Waals surface area contributed by atoms with Gasteiger partial charge in [-0.15, -0.1) is 0 Å². The third-order valence-corrected chi connectivity index (χ3v) is 6.51. The summed E-state index contributed by atoms with van der Waals surface area (Å²) in [7, 11) is 1.57. The molecule has 4 atom stereocenters. The fourth-order valence-electron chi connectivity index (χ4n) is 5.19. The van der Waals surface area contributed by atoms with Crippen molar-refractivity contribution in [3.63, 3.8) is 0 Å². The highest BCUT2D eigenvalue weighted by Crippen LogP contribution is 2.51. The summed E-state index contributed by atoms with van der Waals surface area (Å²) in [6.07, 6.45) is 1.53. The van der Waals surface area contributed by atoms with Gasteiger partial charge in [0.1, 0.15) is 17.9 Å². The number of aromatic nitrogens is 1. The zero-order chi connectivity index (χ0) is 21.4. The number of fused-ring (bicyclic) bond motifs is 5. The summed E-state index contributed by atoms with van der Waals surface area (Å²) in [4.78, 5) is 32.8. The molecule has 3 N–H and O–H groups in total. The number of aliphatic hydroxyl groups is 2. The minimum absolute atomic E-state index is 0.335. The molecule has 158 valence electrons. The van der Waals surface area contributed by atoms with Gasteiger partial charge in [0.25, 0.3) is 11.6 Å². The number of nitrogens with one attached hydrogen (secondary N) is 1. The second-order valence-corrected chi connectivity index (χ2v) is 8.55. The van der Waals surface area contributed by atoms with E-state index in [0.29, 0.717) is 47.3 Å². The molecule has 2 amide bonds. The van der Waals surface area contributed by atoms with E-state index < -0.39 is 29.8 Å². The number of carbonyl (C=O) groups is 2. The molecule has 1 aromatic heterocycles. The zero-order valence-electron chi connectivity index (χ0n) is 17.2. The molecule has 0 radical (unpaired) electrons. The van der Waals surface area contributed by atoms with Gasteiger partial charge in [0.15, 0.2) is 0 Å². The second kappa shape index (κ2) is 6.33. The quantitative estimate of drug-likeness (QED) is 0.653. The molecule has 3 aliphatic rings. The van der Waals surface area contributed by atoms with Crippen molar-refractivity contribution in [2.24, 2.45) is 0 Å². The van der Waals surface area contributed by atoms with E-state index in [-0.39, 0.29) is 5.91 Å². The number of methoxy groups -OCH3 is 1. The Morgan fingerprint density at radius 3 is 2.80 bits per heavy atom. The Morgan fingerprint density at radius 1 is 1.33 bits per heavy atom. The van der Waals surface area contributed by atoms with Gasteiger partial charge in [0.2, 0.25) is 5.91 Å². The van der Waals surface area contributed by atoms with Crippen molar-refractivity contribution in [1.82, 2.24) is 14.8 Å². The molecule has 1 aromatic carbocycles. The highest BCUT2D eigenvalue weighted by Gasteiger charge is 2.65. The lowest BCUT2D eigenvalue weighted by atomic mass is 9.82. The van der Waals surface area contributed by atoms with Crippen LogP contribution in [0.15, 0.2) is 29.8 Å². The summed E-state index contributed by atoms with van der Waals surface area (Å²) >= 11 is 0. The fraction of sp³-hybridized carbons (Fsp3) is 0.455. The molecule has 4 heterocycles. The Hall–Kier alpha value is -2.84. The number of benzene rings is 1. The maximum Gasteiger partial charge on any atom is 0.279 e. The second-order valence-electron chi connectivity index (χ2n) is 8.55. The number of hydrogen-bond acceptors (Lipinski definition) is 5. The number of allylic oxidation sites excluding steroid dienone is 1. The molecule has 3 aliphatic heterocycles. The van der Waals surface area contributed by atoms with Gasteiger partial charge in [-0.05, 0) is 38.8 Å². The minimum Gasteiger partial charge on any atom is -0.497 e. The van der Waals surface area contributed by atoms with E-state index >= 15 is 0 Å². The Balaban J connectivity index is 1.80. The summed E-state index contributed by atoms with van der Waals surface area (Å²) < 4.78 is 5.30. The monoisotopic (exact) mass is 411 g/mol. The van der Waals surface area contributed by atoms with Crippen LogP contribution < -0.4 is 4.74 Å². The van der Waals surface area contributed by atoms with Crippen LogP contribution in [0.2, 0.25) is 0 Å². The first-order valence-corrected chi connectivity index (χ1v) is 10.2. The van der Waals surface area contributed by atoms with Crippen molar-refractivity contribution in [3.05, 3.63) is 41.1 Å².